The van der Waals surface area contributed by atoms with E-state index in [1.54, 1.807) is 0 Å². The van der Waals surface area contributed by atoms with Gasteiger partial charge in [0.1, 0.15) is 5.78 Å². The molecule has 0 radical (unpaired) electrons. The molecule has 0 aromatic heterocycles. The van der Waals surface area contributed by atoms with Crippen LogP contribution in [0, 0.1) is 46.3 Å². The first-order valence-corrected chi connectivity index (χ1v) is 14.3. The predicted molar refractivity (Wildman–Crippen MR) is 130 cm³/mol. The molecule has 5 fully saturated rings. The Bertz CT molecular complexity index is 774. The van der Waals surface area contributed by atoms with Crippen LogP contribution in [0.25, 0.3) is 0 Å². The Kier molecular flexibility index (Phi) is 6.91. The minimum Gasteiger partial charge on any atom is -0.481 e. The molecule has 0 spiro atoms. The number of hydrogen-bond acceptors (Lipinski definition) is 4. The first-order chi connectivity index (χ1) is 16.2. The number of fused-ring (bicyclic) bond motifs is 5. The Morgan fingerprint density at radius 1 is 1.12 bits per heavy atom. The minimum absolute atomic E-state index is 0.0897. The molecule has 5 heteroatoms. The number of carbonyl (C=O) groups is 2. The van der Waals surface area contributed by atoms with Gasteiger partial charge in [-0.3, -0.25) is 9.59 Å². The van der Waals surface area contributed by atoms with Crippen molar-refractivity contribution in [2.24, 2.45) is 46.3 Å². The fourth-order valence-electron chi connectivity index (χ4n) is 9.63. The van der Waals surface area contributed by atoms with E-state index in [1.165, 1.54) is 25.7 Å². The lowest BCUT2D eigenvalue weighted by Gasteiger charge is -2.62. The molecule has 0 bridgehead atoms. The third-order valence-electron chi connectivity index (χ3n) is 11.5. The van der Waals surface area contributed by atoms with Crippen LogP contribution in [0.15, 0.2) is 0 Å². The predicted octanol–water partition coefficient (Wildman–Crippen LogP) is 6.24. The number of ketones is 1. The molecule has 1 heterocycles. The quantitative estimate of drug-likeness (QED) is 0.462. The fourth-order valence-corrected chi connectivity index (χ4v) is 9.63. The molecule has 1 N–H and O–H groups in total. The number of ether oxygens (including phenoxy) is 2. The maximum atomic E-state index is 13.8. The van der Waals surface area contributed by atoms with Gasteiger partial charge < -0.3 is 14.6 Å². The zero-order valence-electron chi connectivity index (χ0n) is 21.6. The number of carboxylic acid groups (broad SMARTS) is 1. The smallest absolute Gasteiger partial charge is 0.303 e. The highest BCUT2D eigenvalue weighted by atomic mass is 16.7. The van der Waals surface area contributed by atoms with E-state index in [0.29, 0.717) is 41.8 Å². The summed E-state index contributed by atoms with van der Waals surface area (Å²) >= 11 is 0. The molecule has 1 unspecified atom stereocenters. The van der Waals surface area contributed by atoms with Gasteiger partial charge in [-0.15, -0.1) is 0 Å². The fraction of sp³-hybridized carbons (Fsp3) is 0.931. The highest BCUT2D eigenvalue weighted by Crippen LogP contribution is 2.68. The van der Waals surface area contributed by atoms with Gasteiger partial charge in [-0.25, -0.2) is 0 Å². The van der Waals surface area contributed by atoms with Crippen molar-refractivity contribution >= 4 is 11.8 Å². The van der Waals surface area contributed by atoms with E-state index in [4.69, 9.17) is 9.47 Å². The molecule has 34 heavy (non-hydrogen) atoms. The zero-order chi connectivity index (χ0) is 24.1. The first-order valence-electron chi connectivity index (χ1n) is 14.3. The number of hydrogen-bond donors (Lipinski definition) is 1. The summed E-state index contributed by atoms with van der Waals surface area (Å²) in [7, 11) is 0. The van der Waals surface area contributed by atoms with E-state index in [2.05, 4.69) is 20.8 Å². The van der Waals surface area contributed by atoms with E-state index < -0.39 is 5.97 Å². The second-order valence-electron chi connectivity index (χ2n) is 13.0. The van der Waals surface area contributed by atoms with Gasteiger partial charge in [0.15, 0.2) is 6.29 Å². The standard InChI is InChI=1S/C29H46O5/c1-18(10-13-25(31)32)20-11-12-21-27-22(28(2)14-6-4-8-19(28)16-23(27)30)17-24(29(20,21)3)34-26-9-5-7-15-33-26/h18-22,24,26-27H,4-17H2,1-3H3,(H,31,32)/t18-,19+,20-,21+,22+,24+,26?,27+,28+,29-/m1/s1. The Hall–Kier alpha value is -0.940. The second-order valence-corrected chi connectivity index (χ2v) is 13.0. The van der Waals surface area contributed by atoms with Crippen molar-refractivity contribution in [2.45, 2.75) is 117 Å². The molecular formula is C29H46O5. The van der Waals surface area contributed by atoms with Gasteiger partial charge in [-0.1, -0.05) is 33.6 Å². The largest absolute Gasteiger partial charge is 0.481 e. The zero-order valence-corrected chi connectivity index (χ0v) is 21.6. The van der Waals surface area contributed by atoms with Crippen molar-refractivity contribution < 1.29 is 24.2 Å². The molecule has 192 valence electrons. The van der Waals surface area contributed by atoms with Crippen LogP contribution < -0.4 is 0 Å². The van der Waals surface area contributed by atoms with Crippen molar-refractivity contribution in [1.82, 2.24) is 0 Å². The number of carbonyl (C=O) groups excluding carboxylic acids is 1. The van der Waals surface area contributed by atoms with Crippen LogP contribution in [0.2, 0.25) is 0 Å². The Labute approximate surface area is 205 Å². The average Bonchev–Trinajstić information content (AvgIpc) is 3.17. The van der Waals surface area contributed by atoms with Crippen LogP contribution in [-0.4, -0.2) is 35.9 Å². The summed E-state index contributed by atoms with van der Waals surface area (Å²) in [6.45, 7) is 7.92. The third kappa shape index (κ3) is 4.07. The van der Waals surface area contributed by atoms with Gasteiger partial charge in [0.05, 0.1) is 6.10 Å². The summed E-state index contributed by atoms with van der Waals surface area (Å²) in [5.74, 6) is 2.00. The minimum atomic E-state index is -0.711. The summed E-state index contributed by atoms with van der Waals surface area (Å²) < 4.78 is 13.0. The Morgan fingerprint density at radius 3 is 2.65 bits per heavy atom. The van der Waals surface area contributed by atoms with Crippen LogP contribution in [0.3, 0.4) is 0 Å². The molecule has 0 amide bonds. The summed E-state index contributed by atoms with van der Waals surface area (Å²) in [5, 5.41) is 9.31. The monoisotopic (exact) mass is 474 g/mol. The van der Waals surface area contributed by atoms with Crippen LogP contribution >= 0.6 is 0 Å². The molecule has 5 aliphatic rings. The molecule has 10 atom stereocenters. The molecule has 5 rings (SSSR count). The summed E-state index contributed by atoms with van der Waals surface area (Å²) in [6.07, 6.45) is 13.0. The number of carboxylic acids is 1. The van der Waals surface area contributed by atoms with Gasteiger partial charge in [0.2, 0.25) is 0 Å². The van der Waals surface area contributed by atoms with Crippen LogP contribution in [0.1, 0.15) is 104 Å². The second kappa shape index (κ2) is 9.50. The first kappa shape index (κ1) is 24.7. The molecule has 0 aromatic rings. The maximum absolute atomic E-state index is 13.8. The van der Waals surface area contributed by atoms with Crippen molar-refractivity contribution in [2.75, 3.05) is 6.61 Å². The lowest BCUT2D eigenvalue weighted by molar-refractivity contribution is -0.252. The van der Waals surface area contributed by atoms with Crippen molar-refractivity contribution in [3.8, 4) is 0 Å². The normalized spacial score (nSPS) is 47.4. The van der Waals surface area contributed by atoms with Gasteiger partial charge in [-0.2, -0.15) is 0 Å². The number of aliphatic carboxylic acids is 1. The van der Waals surface area contributed by atoms with Crippen molar-refractivity contribution in [1.29, 1.82) is 0 Å². The molecule has 1 saturated heterocycles. The topological polar surface area (TPSA) is 72.8 Å². The molecule has 5 nitrogen and oxygen atoms in total. The number of rotatable bonds is 6. The van der Waals surface area contributed by atoms with Gasteiger partial charge in [0.25, 0.3) is 0 Å². The molecular weight excluding hydrogens is 428 g/mol. The number of Topliss-reactive ketones (excluding diaryl/α,β-unsaturated/α-hetero) is 1. The van der Waals surface area contributed by atoms with Crippen LogP contribution in [-0.2, 0) is 19.1 Å². The summed E-state index contributed by atoms with van der Waals surface area (Å²) in [4.78, 5) is 25.1. The summed E-state index contributed by atoms with van der Waals surface area (Å²) in [5.41, 5.74) is 0.160. The van der Waals surface area contributed by atoms with Crippen molar-refractivity contribution in [3.63, 3.8) is 0 Å². The van der Waals surface area contributed by atoms with E-state index in [9.17, 15) is 14.7 Å². The lowest BCUT2D eigenvalue weighted by atomic mass is 9.43. The van der Waals surface area contributed by atoms with E-state index in [-0.39, 0.29) is 35.6 Å². The van der Waals surface area contributed by atoms with Crippen LogP contribution in [0.5, 0.6) is 0 Å². The molecule has 0 aromatic carbocycles. The third-order valence-corrected chi connectivity index (χ3v) is 11.5. The molecule has 4 saturated carbocycles. The molecule has 1 aliphatic heterocycles. The van der Waals surface area contributed by atoms with E-state index in [0.717, 1.165) is 51.6 Å². The van der Waals surface area contributed by atoms with Gasteiger partial charge in [-0.05, 0) is 92.8 Å². The highest BCUT2D eigenvalue weighted by Gasteiger charge is 2.66. The highest BCUT2D eigenvalue weighted by molar-refractivity contribution is 5.83. The lowest BCUT2D eigenvalue weighted by Crippen LogP contribution is -2.61. The average molecular weight is 475 g/mol. The Balaban J connectivity index is 1.48. The van der Waals surface area contributed by atoms with Gasteiger partial charge in [0, 0.05) is 30.8 Å². The van der Waals surface area contributed by atoms with E-state index in [1.807, 2.05) is 0 Å². The Morgan fingerprint density at radius 2 is 1.91 bits per heavy atom. The SMILES string of the molecule is C[C@H](CCC(=O)O)[C@H]1CC[C@H]2[C@@H]3C(=O)C[C@@H]4CCCC[C@]4(C)[C@H]3C[C@H](OC3CCCCO3)[C@]12C. The van der Waals surface area contributed by atoms with Gasteiger partial charge >= 0.3 is 5.97 Å². The van der Waals surface area contributed by atoms with Crippen molar-refractivity contribution in [3.05, 3.63) is 0 Å². The maximum Gasteiger partial charge on any atom is 0.303 e. The van der Waals surface area contributed by atoms with Crippen LogP contribution in [0.4, 0.5) is 0 Å². The van der Waals surface area contributed by atoms with E-state index >= 15 is 0 Å². The molecule has 4 aliphatic carbocycles. The summed E-state index contributed by atoms with van der Waals surface area (Å²) in [6, 6.07) is 0.